The predicted octanol–water partition coefficient (Wildman–Crippen LogP) is 2.32. The Labute approximate surface area is 143 Å². The molecule has 2 aromatic carbocycles. The molecule has 132 valence electrons. The molecule has 0 aliphatic carbocycles. The van der Waals surface area contributed by atoms with Crippen LogP contribution < -0.4 is 9.84 Å². The maximum absolute atomic E-state index is 12.4. The van der Waals surface area contributed by atoms with Crippen molar-refractivity contribution in [1.29, 1.82) is 0 Å². The van der Waals surface area contributed by atoms with Gasteiger partial charge >= 0.3 is 11.9 Å². The van der Waals surface area contributed by atoms with E-state index in [0.29, 0.717) is 5.56 Å². The summed E-state index contributed by atoms with van der Waals surface area (Å²) >= 11 is 0. The van der Waals surface area contributed by atoms with Gasteiger partial charge in [-0.15, -0.1) is 0 Å². The van der Waals surface area contributed by atoms with Crippen LogP contribution >= 0.6 is 0 Å². The van der Waals surface area contributed by atoms with Gasteiger partial charge in [0, 0.05) is 5.56 Å². The molecule has 0 bridgehead atoms. The van der Waals surface area contributed by atoms with Crippen LogP contribution in [-0.2, 0) is 0 Å². The van der Waals surface area contributed by atoms with Crippen molar-refractivity contribution in [1.82, 2.24) is 0 Å². The van der Waals surface area contributed by atoms with Gasteiger partial charge in [-0.25, -0.2) is 9.59 Å². The average Bonchev–Trinajstić information content (AvgIpc) is 2.49. The molecule has 3 N–H and O–H groups in total. The fourth-order valence-electron chi connectivity index (χ4n) is 2.52. The largest absolute Gasteiger partial charge is 0.872 e. The van der Waals surface area contributed by atoms with Crippen LogP contribution in [0.5, 0.6) is 23.0 Å². The number of phenolic OH excluding ortho intramolecular Hbond substituents is 2. The molecule has 0 aromatic heterocycles. The van der Waals surface area contributed by atoms with E-state index >= 15 is 0 Å². The molecule has 2 aromatic rings. The molecule has 0 unspecified atom stereocenters. The summed E-state index contributed by atoms with van der Waals surface area (Å²) in [5.41, 5.74) is 0.0392. The van der Waals surface area contributed by atoms with Gasteiger partial charge in [-0.05, 0) is 56.5 Å². The minimum absolute atomic E-state index is 0.0241. The first-order valence-corrected chi connectivity index (χ1v) is 7.35. The smallest absolute Gasteiger partial charge is 0.347 e. The number of carboxylic acids is 1. The summed E-state index contributed by atoms with van der Waals surface area (Å²) in [5, 5.41) is 41.0. The number of aryl methyl sites for hydroxylation is 2. The number of hydrogen-bond acceptors (Lipinski definition) is 6. The van der Waals surface area contributed by atoms with Gasteiger partial charge in [0.05, 0.1) is 5.56 Å². The number of ether oxygens (including phenoxy) is 1. The highest BCUT2D eigenvalue weighted by molar-refractivity contribution is 5.97. The van der Waals surface area contributed by atoms with Crippen molar-refractivity contribution >= 4 is 11.9 Å². The highest BCUT2D eigenvalue weighted by Gasteiger charge is 2.22. The third kappa shape index (κ3) is 3.08. The summed E-state index contributed by atoms with van der Waals surface area (Å²) in [6, 6.07) is 2.61. The normalized spacial score (nSPS) is 10.6. The second kappa shape index (κ2) is 6.35. The zero-order chi connectivity index (χ0) is 19.0. The molecule has 0 aliphatic rings. The number of carbonyl (C=O) groups excluding carboxylic acids is 1. The Bertz CT molecular complexity index is 897. The number of hydrogen-bond donors (Lipinski definition) is 3. The molecule has 0 fully saturated rings. The number of carbonyl (C=O) groups is 2. The number of benzene rings is 2. The minimum atomic E-state index is -1.36. The van der Waals surface area contributed by atoms with Gasteiger partial charge < -0.3 is 25.2 Å². The van der Waals surface area contributed by atoms with Crippen molar-refractivity contribution < 1.29 is 34.8 Å². The van der Waals surface area contributed by atoms with Gasteiger partial charge in [-0.1, -0.05) is 5.75 Å². The van der Waals surface area contributed by atoms with Crippen LogP contribution in [0.3, 0.4) is 0 Å². The Balaban J connectivity index is 2.50. The van der Waals surface area contributed by atoms with Crippen molar-refractivity contribution in [3.8, 4) is 23.0 Å². The summed E-state index contributed by atoms with van der Waals surface area (Å²) in [7, 11) is 0. The molecule has 0 spiro atoms. The van der Waals surface area contributed by atoms with E-state index in [-0.39, 0.29) is 39.3 Å². The monoisotopic (exact) mass is 345 g/mol. The first-order valence-electron chi connectivity index (χ1n) is 7.35. The quantitative estimate of drug-likeness (QED) is 0.575. The Kier molecular flexibility index (Phi) is 4.60. The van der Waals surface area contributed by atoms with Crippen LogP contribution in [0.25, 0.3) is 0 Å². The molecule has 0 atom stereocenters. The predicted molar refractivity (Wildman–Crippen MR) is 86.5 cm³/mol. The van der Waals surface area contributed by atoms with E-state index in [0.717, 1.165) is 0 Å². The zero-order valence-corrected chi connectivity index (χ0v) is 14.1. The molecule has 0 saturated heterocycles. The number of aromatic carboxylic acids is 1. The van der Waals surface area contributed by atoms with E-state index in [2.05, 4.69) is 0 Å². The zero-order valence-electron chi connectivity index (χ0n) is 14.1. The fraction of sp³-hybridized carbons (Fsp3) is 0.222. The van der Waals surface area contributed by atoms with Crippen LogP contribution in [-0.4, -0.2) is 27.3 Å². The van der Waals surface area contributed by atoms with E-state index in [1.165, 1.54) is 39.8 Å². The fourth-order valence-corrected chi connectivity index (χ4v) is 2.52. The number of phenols is 2. The van der Waals surface area contributed by atoms with Gasteiger partial charge in [-0.3, -0.25) is 0 Å². The van der Waals surface area contributed by atoms with Gasteiger partial charge in [-0.2, -0.15) is 0 Å². The summed E-state index contributed by atoms with van der Waals surface area (Å²) in [6.45, 7) is 5.73. The van der Waals surface area contributed by atoms with Gasteiger partial charge in [0.15, 0.2) is 0 Å². The van der Waals surface area contributed by atoms with Crippen molar-refractivity contribution in [2.75, 3.05) is 0 Å². The van der Waals surface area contributed by atoms with E-state index < -0.39 is 23.4 Å². The summed E-state index contributed by atoms with van der Waals surface area (Å²) in [4.78, 5) is 23.6. The van der Waals surface area contributed by atoms with E-state index in [1.54, 1.807) is 0 Å². The van der Waals surface area contributed by atoms with Crippen molar-refractivity contribution in [3.05, 3.63) is 45.5 Å². The van der Waals surface area contributed by atoms with Gasteiger partial charge in [0.25, 0.3) is 0 Å². The number of esters is 1. The van der Waals surface area contributed by atoms with Crippen LogP contribution in [0, 0.1) is 27.7 Å². The first-order chi connectivity index (χ1) is 11.6. The molecule has 7 nitrogen and oxygen atoms in total. The van der Waals surface area contributed by atoms with Crippen LogP contribution in [0.4, 0.5) is 0 Å². The average molecular weight is 345 g/mol. The van der Waals surface area contributed by atoms with Crippen molar-refractivity contribution in [2.45, 2.75) is 27.7 Å². The lowest BCUT2D eigenvalue weighted by molar-refractivity contribution is -0.269. The van der Waals surface area contributed by atoms with Gasteiger partial charge in [0.2, 0.25) is 0 Å². The third-order valence-corrected chi connectivity index (χ3v) is 4.02. The molecule has 0 amide bonds. The Morgan fingerprint density at radius 2 is 1.52 bits per heavy atom. The maximum Gasteiger partial charge on any atom is 0.347 e. The van der Waals surface area contributed by atoms with E-state index in [9.17, 15) is 24.9 Å². The lowest BCUT2D eigenvalue weighted by Gasteiger charge is -2.20. The van der Waals surface area contributed by atoms with E-state index in [1.807, 2.05) is 0 Å². The standard InChI is InChI=1S/C18H18O7/c1-7-5-11(19)9(3)15(20)14(7)18(24)25-12-6-8(2)13(17(22)23)16(21)10(12)4/h5-6,19-21H,1-4H3,(H,22,23)/p-1. The molecule has 0 heterocycles. The summed E-state index contributed by atoms with van der Waals surface area (Å²) in [5.74, 6) is -3.66. The molecule has 0 radical (unpaired) electrons. The van der Waals surface area contributed by atoms with Crippen LogP contribution in [0.2, 0.25) is 0 Å². The van der Waals surface area contributed by atoms with Crippen molar-refractivity contribution in [3.63, 3.8) is 0 Å². The second-order valence-electron chi connectivity index (χ2n) is 5.78. The van der Waals surface area contributed by atoms with Gasteiger partial charge in [0.1, 0.15) is 22.8 Å². The molecular formula is C18H17O7-. The summed E-state index contributed by atoms with van der Waals surface area (Å²) < 4.78 is 5.21. The molecule has 0 saturated carbocycles. The third-order valence-electron chi connectivity index (χ3n) is 4.02. The molecule has 0 aliphatic heterocycles. The highest BCUT2D eigenvalue weighted by Crippen LogP contribution is 2.35. The highest BCUT2D eigenvalue weighted by atomic mass is 16.5. The Morgan fingerprint density at radius 1 is 0.960 bits per heavy atom. The SMILES string of the molecule is Cc1cc(OC(=O)c2c(C)cc(O)c(C)c2O)c(C)c([O-])c1C(=O)O. The summed E-state index contributed by atoms with van der Waals surface area (Å²) in [6.07, 6.45) is 0. The molecular weight excluding hydrogens is 328 g/mol. The first kappa shape index (κ1) is 18.1. The van der Waals surface area contributed by atoms with Crippen LogP contribution in [0.15, 0.2) is 12.1 Å². The lowest BCUT2D eigenvalue weighted by atomic mass is 10.0. The minimum Gasteiger partial charge on any atom is -0.872 e. The Morgan fingerprint density at radius 3 is 2.08 bits per heavy atom. The number of rotatable bonds is 3. The Hall–Kier alpha value is -3.22. The van der Waals surface area contributed by atoms with E-state index in [4.69, 9.17) is 9.84 Å². The van der Waals surface area contributed by atoms with Crippen molar-refractivity contribution in [2.24, 2.45) is 0 Å². The number of aromatic hydroxyl groups is 2. The topological polar surface area (TPSA) is 127 Å². The molecule has 7 heteroatoms. The molecule has 2 rings (SSSR count). The lowest BCUT2D eigenvalue weighted by Crippen LogP contribution is -2.14. The molecule has 25 heavy (non-hydrogen) atoms. The van der Waals surface area contributed by atoms with Crippen LogP contribution in [0.1, 0.15) is 43.0 Å². The second-order valence-corrected chi connectivity index (χ2v) is 5.78. The number of carboxylic acid groups (broad SMARTS) is 1. The maximum atomic E-state index is 12.4.